The Kier molecular flexibility index (Phi) is 4.71. The molecule has 4 nitrogen and oxygen atoms in total. The van der Waals surface area contributed by atoms with Crippen LogP contribution in [0.15, 0.2) is 22.7 Å². The molecule has 1 aliphatic carbocycles. The number of carbonyl (C=O) groups is 2. The summed E-state index contributed by atoms with van der Waals surface area (Å²) in [5, 5.41) is 5.78. The summed E-state index contributed by atoms with van der Waals surface area (Å²) in [6.45, 7) is 5.94. The monoisotopic (exact) mass is 352 g/mol. The van der Waals surface area contributed by atoms with Gasteiger partial charge in [0.25, 0.3) is 0 Å². The number of amides is 2. The first-order valence-corrected chi connectivity index (χ1v) is 8.07. The van der Waals surface area contributed by atoms with Crippen LogP contribution < -0.4 is 10.6 Å². The van der Waals surface area contributed by atoms with Crippen molar-refractivity contribution in [2.75, 3.05) is 5.32 Å². The van der Waals surface area contributed by atoms with Gasteiger partial charge >= 0.3 is 0 Å². The van der Waals surface area contributed by atoms with Crippen molar-refractivity contribution in [1.82, 2.24) is 5.32 Å². The third-order valence-electron chi connectivity index (χ3n) is 3.98. The molecule has 1 aromatic rings. The Morgan fingerprint density at radius 3 is 2.52 bits per heavy atom. The molecule has 5 heteroatoms. The molecule has 0 bridgehead atoms. The number of carbonyl (C=O) groups excluding carboxylic acids is 2. The third kappa shape index (κ3) is 3.46. The van der Waals surface area contributed by atoms with Gasteiger partial charge in [-0.2, -0.15) is 0 Å². The minimum Gasteiger partial charge on any atom is -0.353 e. The second-order valence-corrected chi connectivity index (χ2v) is 6.66. The van der Waals surface area contributed by atoms with Crippen molar-refractivity contribution in [2.45, 2.75) is 46.1 Å². The lowest BCUT2D eigenvalue weighted by Crippen LogP contribution is -2.43. The molecule has 0 radical (unpaired) electrons. The summed E-state index contributed by atoms with van der Waals surface area (Å²) >= 11 is 3.44. The zero-order chi connectivity index (χ0) is 15.6. The lowest BCUT2D eigenvalue weighted by atomic mass is 10.0. The number of nitrogens with one attached hydrogen (secondary N) is 2. The molecule has 2 rings (SSSR count). The Hall–Kier alpha value is -1.36. The number of aryl methyl sites for hydroxylation is 1. The summed E-state index contributed by atoms with van der Waals surface area (Å²) in [6.07, 6.45) is 2.09. The highest BCUT2D eigenvalue weighted by molar-refractivity contribution is 9.10. The highest BCUT2D eigenvalue weighted by atomic mass is 79.9. The van der Waals surface area contributed by atoms with Gasteiger partial charge in [0.15, 0.2) is 0 Å². The number of benzene rings is 1. The Balaban J connectivity index is 2.07. The Morgan fingerprint density at radius 2 is 2.00 bits per heavy atom. The SMILES string of the molecule is CCC(C)NC(=O)C1(C(=O)Nc2ccc(C)cc2Br)CC1. The van der Waals surface area contributed by atoms with Crippen LogP contribution in [0.3, 0.4) is 0 Å². The van der Waals surface area contributed by atoms with Crippen molar-refractivity contribution in [3.8, 4) is 0 Å². The average Bonchev–Trinajstić information content (AvgIpc) is 3.23. The van der Waals surface area contributed by atoms with E-state index in [1.54, 1.807) is 0 Å². The van der Waals surface area contributed by atoms with Gasteiger partial charge in [-0.3, -0.25) is 9.59 Å². The molecule has 1 fully saturated rings. The van der Waals surface area contributed by atoms with Gasteiger partial charge in [-0.05, 0) is 66.7 Å². The summed E-state index contributed by atoms with van der Waals surface area (Å²) in [6, 6.07) is 5.81. The normalized spacial score (nSPS) is 17.0. The molecule has 1 saturated carbocycles. The Bertz CT molecular complexity index is 567. The van der Waals surface area contributed by atoms with Crippen LogP contribution in [-0.4, -0.2) is 17.9 Å². The van der Waals surface area contributed by atoms with E-state index in [2.05, 4.69) is 26.6 Å². The topological polar surface area (TPSA) is 58.2 Å². The van der Waals surface area contributed by atoms with E-state index in [1.807, 2.05) is 39.0 Å². The molecule has 1 aliphatic rings. The molecular formula is C16H21BrN2O2. The van der Waals surface area contributed by atoms with E-state index in [1.165, 1.54) is 0 Å². The van der Waals surface area contributed by atoms with Crippen molar-refractivity contribution >= 4 is 33.4 Å². The van der Waals surface area contributed by atoms with E-state index in [9.17, 15) is 9.59 Å². The van der Waals surface area contributed by atoms with Gasteiger partial charge in [-0.25, -0.2) is 0 Å². The summed E-state index contributed by atoms with van der Waals surface area (Å²) in [5.41, 5.74) is 0.928. The van der Waals surface area contributed by atoms with Crippen LogP contribution in [0.2, 0.25) is 0 Å². The van der Waals surface area contributed by atoms with Crippen LogP contribution in [-0.2, 0) is 9.59 Å². The number of halogens is 1. The maximum absolute atomic E-state index is 12.5. The fourth-order valence-corrected chi connectivity index (χ4v) is 2.70. The first-order chi connectivity index (χ1) is 9.89. The molecule has 1 aromatic carbocycles. The van der Waals surface area contributed by atoms with Crippen LogP contribution in [0.1, 0.15) is 38.7 Å². The number of rotatable bonds is 5. The van der Waals surface area contributed by atoms with Gasteiger partial charge in [-0.1, -0.05) is 13.0 Å². The van der Waals surface area contributed by atoms with Crippen molar-refractivity contribution in [3.63, 3.8) is 0 Å². The minimum absolute atomic E-state index is 0.0916. The number of hydrogen-bond acceptors (Lipinski definition) is 2. The molecule has 0 aliphatic heterocycles. The average molecular weight is 353 g/mol. The molecule has 0 spiro atoms. The summed E-state index contributed by atoms with van der Waals surface area (Å²) in [4.78, 5) is 24.7. The van der Waals surface area contributed by atoms with E-state index < -0.39 is 5.41 Å². The highest BCUT2D eigenvalue weighted by Crippen LogP contribution is 2.47. The lowest BCUT2D eigenvalue weighted by molar-refractivity contribution is -0.134. The summed E-state index contributed by atoms with van der Waals surface area (Å²) in [5.74, 6) is -0.370. The highest BCUT2D eigenvalue weighted by Gasteiger charge is 2.56. The van der Waals surface area contributed by atoms with Crippen molar-refractivity contribution < 1.29 is 9.59 Å². The molecule has 21 heavy (non-hydrogen) atoms. The van der Waals surface area contributed by atoms with Gasteiger partial charge in [-0.15, -0.1) is 0 Å². The van der Waals surface area contributed by atoms with E-state index in [-0.39, 0.29) is 17.9 Å². The standard InChI is InChI=1S/C16H21BrN2O2/c1-4-11(3)18-14(20)16(7-8-16)15(21)19-13-6-5-10(2)9-12(13)17/h5-6,9,11H,4,7-8H2,1-3H3,(H,18,20)(H,19,21). The second kappa shape index (κ2) is 6.18. The maximum atomic E-state index is 12.5. The first-order valence-electron chi connectivity index (χ1n) is 7.27. The lowest BCUT2D eigenvalue weighted by Gasteiger charge is -2.19. The molecule has 114 valence electrons. The first kappa shape index (κ1) is 16.0. The van der Waals surface area contributed by atoms with Gasteiger partial charge in [0.1, 0.15) is 5.41 Å². The minimum atomic E-state index is -0.881. The van der Waals surface area contributed by atoms with Crippen molar-refractivity contribution in [3.05, 3.63) is 28.2 Å². The smallest absolute Gasteiger partial charge is 0.240 e. The van der Waals surface area contributed by atoms with E-state index in [4.69, 9.17) is 0 Å². The van der Waals surface area contributed by atoms with Crippen molar-refractivity contribution in [1.29, 1.82) is 0 Å². The Morgan fingerprint density at radius 1 is 1.33 bits per heavy atom. The predicted octanol–water partition coefficient (Wildman–Crippen LogP) is 3.39. The van der Waals surface area contributed by atoms with Gasteiger partial charge < -0.3 is 10.6 Å². The third-order valence-corrected chi connectivity index (χ3v) is 4.64. The quantitative estimate of drug-likeness (QED) is 0.798. The van der Waals surface area contributed by atoms with Gasteiger partial charge in [0, 0.05) is 10.5 Å². The molecule has 1 atom stereocenters. The van der Waals surface area contributed by atoms with Crippen LogP contribution in [0.4, 0.5) is 5.69 Å². The fraction of sp³-hybridized carbons (Fsp3) is 0.500. The van der Waals surface area contributed by atoms with Crippen molar-refractivity contribution in [2.24, 2.45) is 5.41 Å². The zero-order valence-corrected chi connectivity index (χ0v) is 14.2. The number of hydrogen-bond donors (Lipinski definition) is 2. The van der Waals surface area contributed by atoms with E-state index >= 15 is 0 Å². The predicted molar refractivity (Wildman–Crippen MR) is 87.1 cm³/mol. The second-order valence-electron chi connectivity index (χ2n) is 5.80. The van der Waals surface area contributed by atoms with Crippen LogP contribution in [0.25, 0.3) is 0 Å². The zero-order valence-electron chi connectivity index (χ0n) is 12.6. The van der Waals surface area contributed by atoms with Gasteiger partial charge in [0.05, 0.1) is 5.69 Å². The molecular weight excluding hydrogens is 332 g/mol. The summed E-state index contributed by atoms with van der Waals surface area (Å²) < 4.78 is 0.828. The van der Waals surface area contributed by atoms with Crippen LogP contribution >= 0.6 is 15.9 Å². The van der Waals surface area contributed by atoms with Crippen LogP contribution in [0.5, 0.6) is 0 Å². The van der Waals surface area contributed by atoms with Gasteiger partial charge in [0.2, 0.25) is 11.8 Å². The Labute approximate surface area is 133 Å². The molecule has 0 aromatic heterocycles. The molecule has 1 unspecified atom stereocenters. The largest absolute Gasteiger partial charge is 0.353 e. The van der Waals surface area contributed by atoms with E-state index in [0.29, 0.717) is 18.5 Å². The molecule has 0 heterocycles. The fourth-order valence-electron chi connectivity index (χ4n) is 2.11. The molecule has 2 amide bonds. The number of anilines is 1. The molecule has 2 N–H and O–H groups in total. The maximum Gasteiger partial charge on any atom is 0.240 e. The molecule has 0 saturated heterocycles. The summed E-state index contributed by atoms with van der Waals surface area (Å²) in [7, 11) is 0. The van der Waals surface area contributed by atoms with E-state index in [0.717, 1.165) is 16.5 Å². The van der Waals surface area contributed by atoms with Crippen LogP contribution in [0, 0.1) is 12.3 Å².